The van der Waals surface area contributed by atoms with E-state index in [9.17, 15) is 9.59 Å². The van der Waals surface area contributed by atoms with Gasteiger partial charge in [-0.05, 0) is 17.7 Å². The summed E-state index contributed by atoms with van der Waals surface area (Å²) in [7, 11) is 1.69. The van der Waals surface area contributed by atoms with Gasteiger partial charge in [0, 0.05) is 25.0 Å². The van der Waals surface area contributed by atoms with Crippen LogP contribution >= 0.6 is 11.6 Å². The molecular weight excluding hydrogens is 320 g/mol. The Hall–Kier alpha value is -2.41. The van der Waals surface area contributed by atoms with Gasteiger partial charge in [0.1, 0.15) is 6.04 Å². The number of hydrogen-bond acceptors (Lipinski definition) is 5. The lowest BCUT2D eigenvalue weighted by Gasteiger charge is -2.18. The Morgan fingerprint density at radius 3 is 2.74 bits per heavy atom. The van der Waals surface area contributed by atoms with Crippen molar-refractivity contribution in [2.75, 3.05) is 13.6 Å². The highest BCUT2D eigenvalue weighted by Crippen LogP contribution is 2.23. The molecule has 2 heterocycles. The molecule has 0 unspecified atom stereocenters. The lowest BCUT2D eigenvalue weighted by molar-refractivity contribution is -0.128. The van der Waals surface area contributed by atoms with Crippen LogP contribution in [0.25, 0.3) is 0 Å². The molecule has 2 aromatic rings. The second-order valence-electron chi connectivity index (χ2n) is 5.46. The van der Waals surface area contributed by atoms with Crippen LogP contribution in [0.1, 0.15) is 23.9 Å². The maximum absolute atomic E-state index is 12.5. The van der Waals surface area contributed by atoms with Crippen molar-refractivity contribution in [3.63, 3.8) is 0 Å². The maximum atomic E-state index is 12.5. The number of rotatable bonds is 4. The largest absolute Gasteiger partial charge is 0.345 e. The van der Waals surface area contributed by atoms with E-state index in [1.165, 1.54) is 6.39 Å². The zero-order valence-electron chi connectivity index (χ0n) is 12.4. The van der Waals surface area contributed by atoms with Crippen molar-refractivity contribution >= 4 is 23.4 Å². The lowest BCUT2D eigenvalue weighted by atomic mass is 10.0. The van der Waals surface area contributed by atoms with Gasteiger partial charge >= 0.3 is 0 Å². The molecule has 1 aliphatic rings. The molecule has 1 aromatic carbocycles. The molecule has 0 bridgehead atoms. The summed E-state index contributed by atoms with van der Waals surface area (Å²) in [5.41, 5.74) is 0.779. The number of aromatic nitrogens is 2. The molecule has 3 rings (SSSR count). The van der Waals surface area contributed by atoms with Crippen molar-refractivity contribution in [2.24, 2.45) is 5.92 Å². The Labute approximate surface area is 137 Å². The molecule has 2 amide bonds. The minimum Gasteiger partial charge on any atom is -0.345 e. The van der Waals surface area contributed by atoms with Crippen LogP contribution in [0.4, 0.5) is 0 Å². The standard InChI is InChI=1S/C15H15ClN4O3/c1-20-7-10(6-12(20)21)15(22)18-13(14-17-8-23-19-14)9-2-4-11(16)5-3-9/h2-5,8,10,13H,6-7H2,1H3,(H,18,22)/t10-,13+/m1/s1. The van der Waals surface area contributed by atoms with Crippen LogP contribution in [0, 0.1) is 5.92 Å². The number of carbonyl (C=O) groups excluding carboxylic acids is 2. The monoisotopic (exact) mass is 334 g/mol. The highest BCUT2D eigenvalue weighted by atomic mass is 35.5. The van der Waals surface area contributed by atoms with Crippen LogP contribution in [-0.4, -0.2) is 40.4 Å². The maximum Gasteiger partial charge on any atom is 0.226 e. The van der Waals surface area contributed by atoms with Crippen LogP contribution < -0.4 is 5.32 Å². The highest BCUT2D eigenvalue weighted by Gasteiger charge is 2.34. The lowest BCUT2D eigenvalue weighted by Crippen LogP contribution is -2.36. The first-order valence-electron chi connectivity index (χ1n) is 7.10. The van der Waals surface area contributed by atoms with Crippen LogP contribution in [-0.2, 0) is 9.59 Å². The summed E-state index contributed by atoms with van der Waals surface area (Å²) in [6.07, 6.45) is 1.42. The van der Waals surface area contributed by atoms with E-state index in [4.69, 9.17) is 16.1 Å². The number of likely N-dealkylation sites (tertiary alicyclic amines) is 1. The number of carbonyl (C=O) groups is 2. The van der Waals surface area contributed by atoms with Crippen LogP contribution in [0.15, 0.2) is 35.2 Å². The number of nitrogens with one attached hydrogen (secondary N) is 1. The fourth-order valence-electron chi connectivity index (χ4n) is 2.56. The Kier molecular flexibility index (Phi) is 4.29. The topological polar surface area (TPSA) is 88.3 Å². The predicted molar refractivity (Wildman–Crippen MR) is 81.5 cm³/mol. The zero-order chi connectivity index (χ0) is 16.4. The summed E-state index contributed by atoms with van der Waals surface area (Å²) in [6.45, 7) is 0.407. The van der Waals surface area contributed by atoms with Gasteiger partial charge in [-0.1, -0.05) is 28.9 Å². The van der Waals surface area contributed by atoms with E-state index in [0.717, 1.165) is 5.56 Å². The van der Waals surface area contributed by atoms with Gasteiger partial charge in [0.2, 0.25) is 18.2 Å². The van der Waals surface area contributed by atoms with E-state index in [1.54, 1.807) is 36.2 Å². The fraction of sp³-hybridized carbons (Fsp3) is 0.333. The van der Waals surface area contributed by atoms with Gasteiger partial charge in [0.05, 0.1) is 5.92 Å². The number of benzene rings is 1. The summed E-state index contributed by atoms with van der Waals surface area (Å²) >= 11 is 5.90. The molecule has 120 valence electrons. The van der Waals surface area contributed by atoms with Gasteiger partial charge in [-0.25, -0.2) is 0 Å². The second kappa shape index (κ2) is 6.37. The molecule has 2 atom stereocenters. The van der Waals surface area contributed by atoms with E-state index in [1.807, 2.05) is 0 Å². The zero-order valence-corrected chi connectivity index (χ0v) is 13.2. The molecule has 7 nitrogen and oxygen atoms in total. The number of nitrogens with zero attached hydrogens (tertiary/aromatic N) is 3. The fourth-order valence-corrected chi connectivity index (χ4v) is 2.68. The molecule has 0 radical (unpaired) electrons. The van der Waals surface area contributed by atoms with Crippen molar-refractivity contribution in [2.45, 2.75) is 12.5 Å². The van der Waals surface area contributed by atoms with Crippen molar-refractivity contribution in [3.8, 4) is 0 Å². The van der Waals surface area contributed by atoms with Crippen molar-refractivity contribution in [1.29, 1.82) is 0 Å². The average molecular weight is 335 g/mol. The van der Waals surface area contributed by atoms with E-state index < -0.39 is 6.04 Å². The van der Waals surface area contributed by atoms with Crippen molar-refractivity contribution in [3.05, 3.63) is 47.1 Å². The van der Waals surface area contributed by atoms with Gasteiger partial charge < -0.3 is 14.7 Å². The van der Waals surface area contributed by atoms with Crippen LogP contribution in [0.2, 0.25) is 5.02 Å². The minimum atomic E-state index is -0.556. The number of halogens is 1. The molecule has 1 saturated heterocycles. The van der Waals surface area contributed by atoms with Crippen LogP contribution in [0.5, 0.6) is 0 Å². The molecule has 0 aliphatic carbocycles. The molecule has 1 N–H and O–H groups in total. The first kappa shape index (κ1) is 15.5. The molecule has 23 heavy (non-hydrogen) atoms. The third-order valence-electron chi connectivity index (χ3n) is 3.84. The minimum absolute atomic E-state index is 0.0345. The molecular formula is C15H15ClN4O3. The molecule has 1 aliphatic heterocycles. The summed E-state index contributed by atoms with van der Waals surface area (Å²) < 4.78 is 4.78. The number of hydrogen-bond donors (Lipinski definition) is 1. The predicted octanol–water partition coefficient (Wildman–Crippen LogP) is 1.41. The van der Waals surface area contributed by atoms with Crippen LogP contribution in [0.3, 0.4) is 0 Å². The third-order valence-corrected chi connectivity index (χ3v) is 4.09. The van der Waals surface area contributed by atoms with Gasteiger partial charge in [-0.3, -0.25) is 9.59 Å². The van der Waals surface area contributed by atoms with E-state index in [-0.39, 0.29) is 24.2 Å². The summed E-state index contributed by atoms with van der Waals surface area (Å²) in [6, 6.07) is 6.47. The Morgan fingerprint density at radius 1 is 1.43 bits per heavy atom. The molecule has 1 aromatic heterocycles. The Bertz CT molecular complexity index is 702. The van der Waals surface area contributed by atoms with Crippen molar-refractivity contribution < 1.29 is 14.1 Å². The van der Waals surface area contributed by atoms with E-state index >= 15 is 0 Å². The van der Waals surface area contributed by atoms with E-state index in [2.05, 4.69) is 15.5 Å². The first-order chi connectivity index (χ1) is 11.0. The molecule has 0 saturated carbocycles. The van der Waals surface area contributed by atoms with Gasteiger partial charge in [-0.2, -0.15) is 4.98 Å². The van der Waals surface area contributed by atoms with E-state index in [0.29, 0.717) is 17.4 Å². The highest BCUT2D eigenvalue weighted by molar-refractivity contribution is 6.30. The number of amides is 2. The van der Waals surface area contributed by atoms with Gasteiger partial charge in [-0.15, -0.1) is 0 Å². The summed E-state index contributed by atoms with van der Waals surface area (Å²) in [4.78, 5) is 29.7. The smallest absolute Gasteiger partial charge is 0.226 e. The average Bonchev–Trinajstić information content (AvgIpc) is 3.17. The molecule has 0 spiro atoms. The normalized spacial score (nSPS) is 19.0. The third kappa shape index (κ3) is 3.34. The van der Waals surface area contributed by atoms with Gasteiger partial charge in [0.25, 0.3) is 0 Å². The van der Waals surface area contributed by atoms with Gasteiger partial charge in [0.15, 0.2) is 5.82 Å². The summed E-state index contributed by atoms with van der Waals surface area (Å²) in [5.74, 6) is -0.284. The second-order valence-corrected chi connectivity index (χ2v) is 5.89. The molecule has 1 fully saturated rings. The SMILES string of the molecule is CN1C[C@H](C(=O)N[C@@H](c2ccc(Cl)cc2)c2ncon2)CC1=O. The first-order valence-corrected chi connectivity index (χ1v) is 7.48. The Morgan fingerprint density at radius 2 is 2.17 bits per heavy atom. The quantitative estimate of drug-likeness (QED) is 0.913. The summed E-state index contributed by atoms with van der Waals surface area (Å²) in [5, 5.41) is 7.30. The Balaban J connectivity index is 1.81. The molecule has 8 heteroatoms. The van der Waals surface area contributed by atoms with Crippen molar-refractivity contribution in [1.82, 2.24) is 20.4 Å².